The molecule has 0 atom stereocenters. The molecule has 3 aromatic carbocycles. The van der Waals surface area contributed by atoms with Gasteiger partial charge in [-0.1, -0.05) is 24.3 Å². The van der Waals surface area contributed by atoms with Gasteiger partial charge in [-0.05, 0) is 42.0 Å². The number of carbonyl (C=O) groups is 1. The molecule has 4 rings (SSSR count). The Morgan fingerprint density at radius 2 is 1.72 bits per heavy atom. The number of pyridine rings is 1. The first-order chi connectivity index (χ1) is 15.5. The Labute approximate surface area is 182 Å². The van der Waals surface area contributed by atoms with Crippen molar-refractivity contribution in [1.29, 1.82) is 0 Å². The Kier molecular flexibility index (Phi) is 5.98. The molecular weight excluding hydrogens is 416 g/mol. The molecule has 0 aliphatic carbocycles. The number of para-hydroxylation sites is 1. The highest BCUT2D eigenvalue weighted by molar-refractivity contribution is 5.89. The SMILES string of the molecule is COC(=O)c1ccc(Cn2c(=O)cc(OCc3ccc(F)cc3F)c3ccccc32)cc1. The van der Waals surface area contributed by atoms with Crippen molar-refractivity contribution >= 4 is 16.9 Å². The van der Waals surface area contributed by atoms with Gasteiger partial charge in [0.25, 0.3) is 5.56 Å². The summed E-state index contributed by atoms with van der Waals surface area (Å²) in [6.07, 6.45) is 0. The zero-order valence-electron chi connectivity index (χ0n) is 17.2. The topological polar surface area (TPSA) is 57.5 Å². The molecule has 162 valence electrons. The molecular formula is C25H19F2NO4. The summed E-state index contributed by atoms with van der Waals surface area (Å²) in [7, 11) is 1.32. The van der Waals surface area contributed by atoms with Crippen molar-refractivity contribution in [2.24, 2.45) is 0 Å². The van der Waals surface area contributed by atoms with Crippen LogP contribution in [-0.2, 0) is 17.9 Å². The Balaban J connectivity index is 1.65. The molecule has 5 nitrogen and oxygen atoms in total. The first-order valence-electron chi connectivity index (χ1n) is 9.83. The van der Waals surface area contributed by atoms with Gasteiger partial charge in [-0.2, -0.15) is 0 Å². The first kappa shape index (κ1) is 21.2. The smallest absolute Gasteiger partial charge is 0.337 e. The van der Waals surface area contributed by atoms with Gasteiger partial charge in [-0.3, -0.25) is 4.79 Å². The Hall–Kier alpha value is -4.00. The van der Waals surface area contributed by atoms with Crippen LogP contribution < -0.4 is 10.3 Å². The Morgan fingerprint density at radius 1 is 0.969 bits per heavy atom. The van der Waals surface area contributed by atoms with Gasteiger partial charge in [0.15, 0.2) is 0 Å². The molecule has 0 saturated carbocycles. The second-order valence-corrected chi connectivity index (χ2v) is 7.16. The molecule has 0 aliphatic rings. The van der Waals surface area contributed by atoms with Crippen LogP contribution in [0.5, 0.6) is 5.75 Å². The maximum absolute atomic E-state index is 13.9. The van der Waals surface area contributed by atoms with Crippen LogP contribution in [0.15, 0.2) is 77.6 Å². The number of hydrogen-bond acceptors (Lipinski definition) is 4. The van der Waals surface area contributed by atoms with Gasteiger partial charge in [-0.15, -0.1) is 0 Å². The lowest BCUT2D eigenvalue weighted by atomic mass is 10.1. The second-order valence-electron chi connectivity index (χ2n) is 7.16. The minimum absolute atomic E-state index is 0.144. The molecule has 0 saturated heterocycles. The average molecular weight is 435 g/mol. The van der Waals surface area contributed by atoms with Crippen molar-refractivity contribution in [3.8, 4) is 5.75 Å². The maximum atomic E-state index is 13.9. The van der Waals surface area contributed by atoms with E-state index in [9.17, 15) is 18.4 Å². The van der Waals surface area contributed by atoms with Crippen LogP contribution in [0.25, 0.3) is 10.9 Å². The molecule has 7 heteroatoms. The lowest BCUT2D eigenvalue weighted by molar-refractivity contribution is 0.0600. The monoisotopic (exact) mass is 435 g/mol. The molecule has 0 spiro atoms. The highest BCUT2D eigenvalue weighted by atomic mass is 19.1. The fourth-order valence-electron chi connectivity index (χ4n) is 3.43. The van der Waals surface area contributed by atoms with Gasteiger partial charge < -0.3 is 14.0 Å². The number of hydrogen-bond donors (Lipinski definition) is 0. The third-order valence-corrected chi connectivity index (χ3v) is 5.09. The molecule has 0 aliphatic heterocycles. The van der Waals surface area contributed by atoms with Gasteiger partial charge in [0.1, 0.15) is 24.0 Å². The van der Waals surface area contributed by atoms with Crippen LogP contribution in [-0.4, -0.2) is 17.6 Å². The number of esters is 1. The summed E-state index contributed by atoms with van der Waals surface area (Å²) < 4.78 is 39.1. The number of fused-ring (bicyclic) bond motifs is 1. The fraction of sp³-hybridized carbons (Fsp3) is 0.120. The van der Waals surface area contributed by atoms with Crippen molar-refractivity contribution in [3.63, 3.8) is 0 Å². The van der Waals surface area contributed by atoms with E-state index < -0.39 is 17.6 Å². The largest absolute Gasteiger partial charge is 0.488 e. The highest BCUT2D eigenvalue weighted by Gasteiger charge is 2.12. The molecule has 32 heavy (non-hydrogen) atoms. The van der Waals surface area contributed by atoms with Crippen molar-refractivity contribution in [1.82, 2.24) is 4.57 Å². The average Bonchev–Trinajstić information content (AvgIpc) is 2.80. The number of benzene rings is 3. The number of methoxy groups -OCH3 is 1. The number of rotatable bonds is 6. The van der Waals surface area contributed by atoms with E-state index in [1.54, 1.807) is 34.9 Å². The summed E-state index contributed by atoms with van der Waals surface area (Å²) in [6, 6.07) is 18.6. The standard InChI is InChI=1S/C25H19F2NO4/c1-31-25(30)17-8-6-16(7-9-17)14-28-22-5-3-2-4-20(22)23(13-24(28)29)32-15-18-10-11-19(26)12-21(18)27/h2-13H,14-15H2,1H3. The van der Waals surface area contributed by atoms with E-state index in [2.05, 4.69) is 0 Å². The first-order valence-corrected chi connectivity index (χ1v) is 9.83. The van der Waals surface area contributed by atoms with Crippen LogP contribution in [0.2, 0.25) is 0 Å². The van der Waals surface area contributed by atoms with Crippen LogP contribution in [0.1, 0.15) is 21.5 Å². The molecule has 0 N–H and O–H groups in total. The van der Waals surface area contributed by atoms with Crippen LogP contribution >= 0.6 is 0 Å². The molecule has 4 aromatic rings. The van der Waals surface area contributed by atoms with Crippen LogP contribution in [0.4, 0.5) is 8.78 Å². The lowest BCUT2D eigenvalue weighted by Crippen LogP contribution is -2.21. The number of aromatic nitrogens is 1. The summed E-state index contributed by atoms with van der Waals surface area (Å²) in [6.45, 7) is 0.141. The van der Waals surface area contributed by atoms with Crippen molar-refractivity contribution in [2.45, 2.75) is 13.2 Å². The lowest BCUT2D eigenvalue weighted by Gasteiger charge is -2.15. The van der Waals surface area contributed by atoms with E-state index >= 15 is 0 Å². The number of carbonyl (C=O) groups excluding carboxylic acids is 1. The van der Waals surface area contributed by atoms with Gasteiger partial charge in [0, 0.05) is 23.1 Å². The summed E-state index contributed by atoms with van der Waals surface area (Å²) >= 11 is 0. The normalized spacial score (nSPS) is 10.8. The van der Waals surface area contributed by atoms with Gasteiger partial charge in [-0.25, -0.2) is 13.6 Å². The predicted molar refractivity (Wildman–Crippen MR) is 116 cm³/mol. The number of ether oxygens (including phenoxy) is 2. The third kappa shape index (κ3) is 4.37. The second kappa shape index (κ2) is 9.01. The van der Waals surface area contributed by atoms with Gasteiger partial charge in [0.05, 0.1) is 24.7 Å². The molecule has 0 fully saturated rings. The molecule has 0 amide bonds. The summed E-state index contributed by atoms with van der Waals surface area (Å²) in [5, 5.41) is 0.681. The zero-order valence-corrected chi connectivity index (χ0v) is 17.2. The maximum Gasteiger partial charge on any atom is 0.337 e. The van der Waals surface area contributed by atoms with Crippen LogP contribution in [0.3, 0.4) is 0 Å². The van der Waals surface area contributed by atoms with Crippen LogP contribution in [0, 0.1) is 11.6 Å². The van der Waals surface area contributed by atoms with E-state index in [1.165, 1.54) is 19.2 Å². The summed E-state index contributed by atoms with van der Waals surface area (Å²) in [5.74, 6) is -1.50. The quantitative estimate of drug-likeness (QED) is 0.412. The summed E-state index contributed by atoms with van der Waals surface area (Å²) in [5.41, 5.74) is 1.78. The number of halogens is 2. The Bertz CT molecular complexity index is 1350. The molecule has 1 heterocycles. The minimum Gasteiger partial charge on any atom is -0.488 e. The van der Waals surface area contributed by atoms with E-state index in [4.69, 9.17) is 9.47 Å². The summed E-state index contributed by atoms with van der Waals surface area (Å²) in [4.78, 5) is 24.5. The Morgan fingerprint density at radius 3 is 2.44 bits per heavy atom. The predicted octanol–water partition coefficient (Wildman–Crippen LogP) is 4.69. The van der Waals surface area contributed by atoms with E-state index in [0.29, 0.717) is 22.2 Å². The molecule has 1 aromatic heterocycles. The highest BCUT2D eigenvalue weighted by Crippen LogP contribution is 2.25. The zero-order chi connectivity index (χ0) is 22.7. The molecule has 0 radical (unpaired) electrons. The molecule has 0 unspecified atom stereocenters. The molecule has 0 bridgehead atoms. The third-order valence-electron chi connectivity index (χ3n) is 5.09. The van der Waals surface area contributed by atoms with Crippen molar-refractivity contribution < 1.29 is 23.0 Å². The fourth-order valence-corrected chi connectivity index (χ4v) is 3.43. The van der Waals surface area contributed by atoms with Crippen molar-refractivity contribution in [3.05, 3.63) is 111 Å². The van der Waals surface area contributed by atoms with E-state index in [-0.39, 0.29) is 24.3 Å². The minimum atomic E-state index is -0.710. The van der Waals surface area contributed by atoms with E-state index in [0.717, 1.165) is 17.7 Å². The van der Waals surface area contributed by atoms with Gasteiger partial charge >= 0.3 is 5.97 Å². The van der Waals surface area contributed by atoms with Crippen molar-refractivity contribution in [2.75, 3.05) is 7.11 Å². The number of nitrogens with zero attached hydrogens (tertiary/aromatic N) is 1. The van der Waals surface area contributed by atoms with E-state index in [1.807, 2.05) is 18.2 Å². The van der Waals surface area contributed by atoms with Gasteiger partial charge in [0.2, 0.25) is 0 Å².